The van der Waals surface area contributed by atoms with E-state index < -0.39 is 0 Å². The quantitative estimate of drug-likeness (QED) is 0.927. The van der Waals surface area contributed by atoms with Gasteiger partial charge in [-0.05, 0) is 26.3 Å². The second-order valence-electron chi connectivity index (χ2n) is 5.05. The van der Waals surface area contributed by atoms with Crippen LogP contribution >= 0.6 is 11.8 Å². The predicted octanol–water partition coefficient (Wildman–Crippen LogP) is 2.79. The summed E-state index contributed by atoms with van der Waals surface area (Å²) < 4.78 is 0. The van der Waals surface area contributed by atoms with Crippen LogP contribution in [0.15, 0.2) is 12.3 Å². The molecule has 4 nitrogen and oxygen atoms in total. The van der Waals surface area contributed by atoms with Crippen LogP contribution in [0.1, 0.15) is 36.3 Å². The normalized spacial score (nSPS) is 18.9. The number of pyridine rings is 1. The Morgan fingerprint density at radius 1 is 1.55 bits per heavy atom. The molecule has 1 atom stereocenters. The molecule has 1 N–H and O–H groups in total. The van der Waals surface area contributed by atoms with Crippen molar-refractivity contribution in [2.45, 2.75) is 32.4 Å². The number of nitrogens with zero attached hydrogens (tertiary/aromatic N) is 2. The van der Waals surface area contributed by atoms with Crippen molar-refractivity contribution in [3.8, 4) is 0 Å². The molecular weight excluding hydrogens is 270 g/mol. The van der Waals surface area contributed by atoms with Gasteiger partial charge in [0.25, 0.3) is 5.91 Å². The Bertz CT molecular complexity index is 478. The number of carbonyl (C=O) groups is 1. The van der Waals surface area contributed by atoms with Crippen LogP contribution in [0.25, 0.3) is 0 Å². The first-order valence-corrected chi connectivity index (χ1v) is 8.32. The summed E-state index contributed by atoms with van der Waals surface area (Å²) in [5, 5.41) is 3.83. The number of thioether (sulfide) groups is 1. The topological polar surface area (TPSA) is 45.2 Å². The Balaban J connectivity index is 2.19. The van der Waals surface area contributed by atoms with E-state index in [9.17, 15) is 4.79 Å². The molecular formula is C15H23N3OS. The molecule has 1 unspecified atom stereocenters. The molecule has 5 heteroatoms. The van der Waals surface area contributed by atoms with E-state index in [2.05, 4.69) is 17.2 Å². The van der Waals surface area contributed by atoms with Gasteiger partial charge >= 0.3 is 0 Å². The molecule has 1 saturated heterocycles. The predicted molar refractivity (Wildman–Crippen MR) is 85.6 cm³/mol. The van der Waals surface area contributed by atoms with Crippen molar-refractivity contribution in [3.63, 3.8) is 0 Å². The Labute approximate surface area is 125 Å². The molecule has 1 aliphatic rings. The van der Waals surface area contributed by atoms with Gasteiger partial charge < -0.3 is 10.2 Å². The molecule has 1 amide bonds. The monoisotopic (exact) mass is 293 g/mol. The highest BCUT2D eigenvalue weighted by Crippen LogP contribution is 2.24. The van der Waals surface area contributed by atoms with Gasteiger partial charge in [0, 0.05) is 42.5 Å². The smallest absolute Gasteiger partial charge is 0.257 e. The summed E-state index contributed by atoms with van der Waals surface area (Å²) in [6, 6.07) is 1.95. The molecule has 0 aromatic carbocycles. The number of amides is 1. The Morgan fingerprint density at radius 3 is 3.05 bits per heavy atom. The summed E-state index contributed by atoms with van der Waals surface area (Å²) in [5.74, 6) is 1.13. The highest BCUT2D eigenvalue weighted by molar-refractivity contribution is 8.00. The van der Waals surface area contributed by atoms with E-state index in [0.29, 0.717) is 10.8 Å². The minimum atomic E-state index is 0.104. The first-order valence-electron chi connectivity index (χ1n) is 7.27. The molecule has 20 heavy (non-hydrogen) atoms. The maximum absolute atomic E-state index is 12.7. The van der Waals surface area contributed by atoms with Crippen LogP contribution in [0.5, 0.6) is 0 Å². The Morgan fingerprint density at radius 2 is 2.35 bits per heavy atom. The van der Waals surface area contributed by atoms with Gasteiger partial charge in [-0.2, -0.15) is 11.8 Å². The number of carbonyl (C=O) groups excluding carboxylic acids is 1. The fourth-order valence-electron chi connectivity index (χ4n) is 2.39. The number of hydrogen-bond donors (Lipinski definition) is 1. The van der Waals surface area contributed by atoms with Gasteiger partial charge in [0.2, 0.25) is 0 Å². The van der Waals surface area contributed by atoms with Gasteiger partial charge in [-0.3, -0.25) is 9.78 Å². The van der Waals surface area contributed by atoms with Gasteiger partial charge in [-0.1, -0.05) is 6.92 Å². The van der Waals surface area contributed by atoms with Crippen molar-refractivity contribution in [3.05, 3.63) is 23.5 Å². The zero-order valence-electron chi connectivity index (χ0n) is 12.5. The molecule has 0 bridgehead atoms. The fraction of sp³-hybridized carbons (Fsp3) is 0.600. The van der Waals surface area contributed by atoms with Gasteiger partial charge in [0.1, 0.15) is 0 Å². The van der Waals surface area contributed by atoms with Crippen LogP contribution in [0.4, 0.5) is 5.69 Å². The second kappa shape index (κ2) is 6.97. The lowest BCUT2D eigenvalue weighted by Gasteiger charge is -2.32. The summed E-state index contributed by atoms with van der Waals surface area (Å²) in [4.78, 5) is 19.0. The van der Waals surface area contributed by atoms with Gasteiger partial charge in [-0.15, -0.1) is 0 Å². The maximum atomic E-state index is 12.7. The number of aromatic nitrogens is 1. The number of nitrogens with one attached hydrogen (secondary N) is 1. The summed E-state index contributed by atoms with van der Waals surface area (Å²) in [6.07, 6.45) is 2.82. The van der Waals surface area contributed by atoms with Crippen LogP contribution in [-0.4, -0.2) is 46.4 Å². The minimum absolute atomic E-state index is 0.104. The average Bonchev–Trinajstić information content (AvgIpc) is 2.47. The summed E-state index contributed by atoms with van der Waals surface area (Å²) >= 11 is 1.97. The molecule has 0 aliphatic carbocycles. The van der Waals surface area contributed by atoms with Crippen LogP contribution in [0.3, 0.4) is 0 Å². The van der Waals surface area contributed by atoms with E-state index in [-0.39, 0.29) is 5.91 Å². The lowest BCUT2D eigenvalue weighted by Crippen LogP contribution is -2.42. The van der Waals surface area contributed by atoms with E-state index in [4.69, 9.17) is 0 Å². The summed E-state index contributed by atoms with van der Waals surface area (Å²) in [7, 11) is 0. The zero-order chi connectivity index (χ0) is 14.5. The van der Waals surface area contributed by atoms with Gasteiger partial charge in [0.05, 0.1) is 11.3 Å². The molecule has 2 heterocycles. The van der Waals surface area contributed by atoms with Crippen LogP contribution < -0.4 is 5.32 Å². The third kappa shape index (κ3) is 3.45. The maximum Gasteiger partial charge on any atom is 0.257 e. The molecule has 1 aromatic heterocycles. The highest BCUT2D eigenvalue weighted by Gasteiger charge is 2.25. The number of rotatable bonds is 4. The molecule has 1 aromatic rings. The minimum Gasteiger partial charge on any atom is -0.385 e. The SMILES string of the molecule is CCNc1cc(C)ncc1C(=O)N1CCSC(CC)C1. The van der Waals surface area contributed by atoms with Crippen molar-refractivity contribution < 1.29 is 4.79 Å². The van der Waals surface area contributed by atoms with Gasteiger partial charge in [-0.25, -0.2) is 0 Å². The standard InChI is InChI=1S/C15H23N3OS/c1-4-12-10-18(6-7-20-12)15(19)13-9-17-11(3)8-14(13)16-5-2/h8-9,12H,4-7,10H2,1-3H3,(H,16,17). The third-order valence-electron chi connectivity index (χ3n) is 3.52. The largest absolute Gasteiger partial charge is 0.385 e. The number of aryl methyl sites for hydroxylation is 1. The zero-order valence-corrected chi connectivity index (χ0v) is 13.3. The molecule has 1 aliphatic heterocycles. The summed E-state index contributed by atoms with van der Waals surface area (Å²) in [5.41, 5.74) is 2.52. The van der Waals surface area contributed by atoms with E-state index in [0.717, 1.165) is 43.2 Å². The van der Waals surface area contributed by atoms with Crippen molar-refractivity contribution in [1.82, 2.24) is 9.88 Å². The molecule has 0 radical (unpaired) electrons. The molecule has 1 fully saturated rings. The first-order chi connectivity index (χ1) is 9.65. The molecule has 110 valence electrons. The Hall–Kier alpha value is -1.23. The van der Waals surface area contributed by atoms with Crippen molar-refractivity contribution in [1.29, 1.82) is 0 Å². The van der Waals surface area contributed by atoms with Crippen molar-refractivity contribution in [2.75, 3.05) is 30.7 Å². The van der Waals surface area contributed by atoms with E-state index >= 15 is 0 Å². The van der Waals surface area contributed by atoms with Crippen LogP contribution in [0.2, 0.25) is 0 Å². The first kappa shape index (κ1) is 15.2. The Kier molecular flexibility index (Phi) is 5.29. The van der Waals surface area contributed by atoms with E-state index in [1.165, 1.54) is 0 Å². The number of anilines is 1. The fourth-order valence-corrected chi connectivity index (χ4v) is 3.57. The molecule has 0 spiro atoms. The van der Waals surface area contributed by atoms with Crippen molar-refractivity contribution >= 4 is 23.4 Å². The highest BCUT2D eigenvalue weighted by atomic mass is 32.2. The lowest BCUT2D eigenvalue weighted by atomic mass is 10.1. The average molecular weight is 293 g/mol. The summed E-state index contributed by atoms with van der Waals surface area (Å²) in [6.45, 7) is 8.65. The molecule has 2 rings (SSSR count). The van der Waals surface area contributed by atoms with Crippen molar-refractivity contribution in [2.24, 2.45) is 0 Å². The number of hydrogen-bond acceptors (Lipinski definition) is 4. The lowest BCUT2D eigenvalue weighted by molar-refractivity contribution is 0.0761. The van der Waals surface area contributed by atoms with E-state index in [1.807, 2.05) is 36.6 Å². The molecule has 0 saturated carbocycles. The second-order valence-corrected chi connectivity index (χ2v) is 6.46. The van der Waals surface area contributed by atoms with Crippen LogP contribution in [0, 0.1) is 6.92 Å². The third-order valence-corrected chi connectivity index (χ3v) is 4.89. The van der Waals surface area contributed by atoms with Gasteiger partial charge in [0.15, 0.2) is 0 Å². The van der Waals surface area contributed by atoms with Crippen LogP contribution in [-0.2, 0) is 0 Å². The van der Waals surface area contributed by atoms with E-state index in [1.54, 1.807) is 6.20 Å².